The SMILES string of the molecule is Cc1ccc(CC(=O)N2CCCNCC2)cc1Cl. The molecule has 1 amide bonds. The van der Waals surface area contributed by atoms with Gasteiger partial charge in [0.05, 0.1) is 6.42 Å². The number of amides is 1. The van der Waals surface area contributed by atoms with Gasteiger partial charge in [0.15, 0.2) is 0 Å². The van der Waals surface area contributed by atoms with Gasteiger partial charge in [0.25, 0.3) is 0 Å². The van der Waals surface area contributed by atoms with Crippen LogP contribution in [0.4, 0.5) is 0 Å². The van der Waals surface area contributed by atoms with E-state index in [2.05, 4.69) is 5.32 Å². The van der Waals surface area contributed by atoms with Crippen molar-refractivity contribution in [3.63, 3.8) is 0 Å². The average molecular weight is 267 g/mol. The molecule has 1 aliphatic rings. The first-order valence-corrected chi connectivity index (χ1v) is 6.78. The molecule has 1 heterocycles. The molecule has 1 N–H and O–H groups in total. The maximum Gasteiger partial charge on any atom is 0.227 e. The summed E-state index contributed by atoms with van der Waals surface area (Å²) in [5.74, 6) is 0.193. The average Bonchev–Trinajstić information content (AvgIpc) is 2.62. The Kier molecular flexibility index (Phi) is 4.61. The number of benzene rings is 1. The molecule has 0 aromatic heterocycles. The van der Waals surface area contributed by atoms with Crippen molar-refractivity contribution < 1.29 is 4.79 Å². The standard InChI is InChI=1S/C14H19ClN2O/c1-11-3-4-12(9-13(11)15)10-14(18)17-7-2-5-16-6-8-17/h3-4,9,16H,2,5-8,10H2,1H3. The smallest absolute Gasteiger partial charge is 0.227 e. The summed E-state index contributed by atoms with van der Waals surface area (Å²) in [7, 11) is 0. The van der Waals surface area contributed by atoms with Gasteiger partial charge in [-0.25, -0.2) is 0 Å². The quantitative estimate of drug-likeness (QED) is 0.888. The fourth-order valence-electron chi connectivity index (χ4n) is 2.13. The highest BCUT2D eigenvalue weighted by Gasteiger charge is 2.15. The fourth-order valence-corrected chi connectivity index (χ4v) is 2.33. The number of rotatable bonds is 2. The molecule has 4 heteroatoms. The second-order valence-electron chi connectivity index (χ2n) is 4.74. The van der Waals surface area contributed by atoms with E-state index in [-0.39, 0.29) is 5.91 Å². The minimum Gasteiger partial charge on any atom is -0.341 e. The van der Waals surface area contributed by atoms with E-state index in [1.807, 2.05) is 30.0 Å². The van der Waals surface area contributed by atoms with Crippen LogP contribution in [0.25, 0.3) is 0 Å². The molecule has 0 atom stereocenters. The minimum absolute atomic E-state index is 0.193. The summed E-state index contributed by atoms with van der Waals surface area (Å²) in [5, 5.41) is 4.03. The third-order valence-electron chi connectivity index (χ3n) is 3.28. The Bertz CT molecular complexity index is 426. The van der Waals surface area contributed by atoms with E-state index < -0.39 is 0 Å². The van der Waals surface area contributed by atoms with Crippen molar-refractivity contribution in [2.24, 2.45) is 0 Å². The Labute approximate surface area is 113 Å². The maximum absolute atomic E-state index is 12.2. The van der Waals surface area contributed by atoms with Crippen LogP contribution in [0.1, 0.15) is 17.5 Å². The molecule has 0 bridgehead atoms. The Morgan fingerprint density at radius 1 is 1.39 bits per heavy atom. The van der Waals surface area contributed by atoms with Crippen molar-refractivity contribution in [1.82, 2.24) is 10.2 Å². The number of nitrogens with zero attached hydrogens (tertiary/aromatic N) is 1. The summed E-state index contributed by atoms with van der Waals surface area (Å²) in [6, 6.07) is 5.84. The van der Waals surface area contributed by atoms with Gasteiger partial charge in [0.2, 0.25) is 5.91 Å². The highest BCUT2D eigenvalue weighted by atomic mass is 35.5. The van der Waals surface area contributed by atoms with Gasteiger partial charge in [0, 0.05) is 24.7 Å². The summed E-state index contributed by atoms with van der Waals surface area (Å²) in [5.41, 5.74) is 2.04. The van der Waals surface area contributed by atoms with E-state index in [9.17, 15) is 4.79 Å². The van der Waals surface area contributed by atoms with Crippen LogP contribution < -0.4 is 5.32 Å². The van der Waals surface area contributed by atoms with Gasteiger partial charge in [-0.3, -0.25) is 4.79 Å². The lowest BCUT2D eigenvalue weighted by Gasteiger charge is -2.20. The molecule has 0 spiro atoms. The molecular formula is C14H19ClN2O. The van der Waals surface area contributed by atoms with Crippen LogP contribution in [0.2, 0.25) is 5.02 Å². The first kappa shape index (κ1) is 13.4. The number of carbonyl (C=O) groups excluding carboxylic acids is 1. The van der Waals surface area contributed by atoms with Crippen LogP contribution in [0.3, 0.4) is 0 Å². The number of halogens is 1. The lowest BCUT2D eigenvalue weighted by molar-refractivity contribution is -0.130. The summed E-state index contributed by atoms with van der Waals surface area (Å²) < 4.78 is 0. The predicted octanol–water partition coefficient (Wildman–Crippen LogP) is 2.01. The zero-order valence-corrected chi connectivity index (χ0v) is 11.5. The zero-order chi connectivity index (χ0) is 13.0. The van der Waals surface area contributed by atoms with E-state index in [1.54, 1.807) is 0 Å². The van der Waals surface area contributed by atoms with E-state index in [4.69, 9.17) is 11.6 Å². The summed E-state index contributed by atoms with van der Waals surface area (Å²) in [6.07, 6.45) is 1.47. The van der Waals surface area contributed by atoms with Gasteiger partial charge >= 0.3 is 0 Å². The third kappa shape index (κ3) is 3.47. The Balaban J connectivity index is 1.99. The van der Waals surface area contributed by atoms with Crippen molar-refractivity contribution in [2.75, 3.05) is 26.2 Å². The van der Waals surface area contributed by atoms with Crippen molar-refractivity contribution in [1.29, 1.82) is 0 Å². The molecule has 2 rings (SSSR count). The highest BCUT2D eigenvalue weighted by molar-refractivity contribution is 6.31. The number of carbonyl (C=O) groups is 1. The molecule has 18 heavy (non-hydrogen) atoms. The number of hydrogen-bond donors (Lipinski definition) is 1. The molecule has 1 saturated heterocycles. The molecular weight excluding hydrogens is 248 g/mol. The van der Waals surface area contributed by atoms with Crippen LogP contribution in [-0.2, 0) is 11.2 Å². The van der Waals surface area contributed by atoms with Gasteiger partial charge in [-0.1, -0.05) is 23.7 Å². The van der Waals surface area contributed by atoms with Crippen molar-refractivity contribution in [2.45, 2.75) is 19.8 Å². The normalized spacial score (nSPS) is 16.4. The molecule has 1 aliphatic heterocycles. The zero-order valence-electron chi connectivity index (χ0n) is 10.7. The van der Waals surface area contributed by atoms with E-state index in [0.29, 0.717) is 6.42 Å². The lowest BCUT2D eigenvalue weighted by Crippen LogP contribution is -2.35. The third-order valence-corrected chi connectivity index (χ3v) is 3.69. The molecule has 3 nitrogen and oxygen atoms in total. The second kappa shape index (κ2) is 6.21. The highest BCUT2D eigenvalue weighted by Crippen LogP contribution is 2.17. The van der Waals surface area contributed by atoms with E-state index in [1.165, 1.54) is 0 Å². The Morgan fingerprint density at radius 3 is 3.00 bits per heavy atom. The minimum atomic E-state index is 0.193. The van der Waals surface area contributed by atoms with Gasteiger partial charge in [-0.15, -0.1) is 0 Å². The summed E-state index contributed by atoms with van der Waals surface area (Å²) in [4.78, 5) is 14.1. The molecule has 1 aromatic rings. The monoisotopic (exact) mass is 266 g/mol. The molecule has 0 aliphatic carbocycles. The van der Waals surface area contributed by atoms with Crippen LogP contribution in [-0.4, -0.2) is 37.0 Å². The van der Waals surface area contributed by atoms with Crippen molar-refractivity contribution in [3.05, 3.63) is 34.3 Å². The van der Waals surface area contributed by atoms with Crippen molar-refractivity contribution >= 4 is 17.5 Å². The van der Waals surface area contributed by atoms with Crippen LogP contribution in [0.15, 0.2) is 18.2 Å². The number of nitrogens with one attached hydrogen (secondary N) is 1. The Morgan fingerprint density at radius 2 is 2.22 bits per heavy atom. The van der Waals surface area contributed by atoms with E-state index in [0.717, 1.165) is 48.7 Å². The molecule has 98 valence electrons. The summed E-state index contributed by atoms with van der Waals surface area (Å²) >= 11 is 6.07. The predicted molar refractivity (Wildman–Crippen MR) is 74.0 cm³/mol. The van der Waals surface area contributed by atoms with E-state index >= 15 is 0 Å². The van der Waals surface area contributed by atoms with Gasteiger partial charge in [0.1, 0.15) is 0 Å². The Hall–Kier alpha value is -1.06. The van der Waals surface area contributed by atoms with Crippen LogP contribution in [0, 0.1) is 6.92 Å². The molecule has 1 aromatic carbocycles. The molecule has 1 fully saturated rings. The molecule has 0 saturated carbocycles. The first-order valence-electron chi connectivity index (χ1n) is 6.40. The topological polar surface area (TPSA) is 32.3 Å². The second-order valence-corrected chi connectivity index (χ2v) is 5.15. The van der Waals surface area contributed by atoms with Crippen molar-refractivity contribution in [3.8, 4) is 0 Å². The van der Waals surface area contributed by atoms with Crippen LogP contribution in [0.5, 0.6) is 0 Å². The number of aryl methyl sites for hydroxylation is 1. The van der Waals surface area contributed by atoms with Gasteiger partial charge in [-0.2, -0.15) is 0 Å². The first-order chi connectivity index (χ1) is 8.66. The summed E-state index contributed by atoms with van der Waals surface area (Å²) in [6.45, 7) is 5.51. The van der Waals surface area contributed by atoms with Gasteiger partial charge in [-0.05, 0) is 37.1 Å². The van der Waals surface area contributed by atoms with Gasteiger partial charge < -0.3 is 10.2 Å². The number of hydrogen-bond acceptors (Lipinski definition) is 2. The fraction of sp³-hybridized carbons (Fsp3) is 0.500. The maximum atomic E-state index is 12.2. The molecule has 0 radical (unpaired) electrons. The largest absolute Gasteiger partial charge is 0.341 e. The lowest BCUT2D eigenvalue weighted by atomic mass is 10.1. The van der Waals surface area contributed by atoms with Crippen LogP contribution >= 0.6 is 11.6 Å². The molecule has 0 unspecified atom stereocenters.